The van der Waals surface area contributed by atoms with E-state index in [1.807, 2.05) is 25.4 Å². The number of likely N-dealkylation sites (N-methyl/N-ethyl adjacent to an activating group) is 1. The molecule has 1 aromatic heterocycles. The van der Waals surface area contributed by atoms with Crippen molar-refractivity contribution in [2.24, 2.45) is 0 Å². The summed E-state index contributed by atoms with van der Waals surface area (Å²) in [4.78, 5) is 4.34. The average Bonchev–Trinajstić information content (AvgIpc) is 2.44. The van der Waals surface area contributed by atoms with Gasteiger partial charge in [0.25, 0.3) is 0 Å². The van der Waals surface area contributed by atoms with Crippen LogP contribution in [0.25, 0.3) is 0 Å². The van der Waals surface area contributed by atoms with Crippen LogP contribution in [0, 0.1) is 0 Å². The molecule has 2 rings (SSSR count). The molecule has 2 atom stereocenters. The van der Waals surface area contributed by atoms with Gasteiger partial charge in [-0.15, -0.1) is 24.8 Å². The van der Waals surface area contributed by atoms with Gasteiger partial charge in [-0.25, -0.2) is 0 Å². The Bertz CT molecular complexity index is 309. The van der Waals surface area contributed by atoms with Crippen molar-refractivity contribution < 1.29 is 4.74 Å². The second-order valence-electron chi connectivity index (χ2n) is 3.37. The standard InChI is InChI=1S/C10H14N2O.2ClH/c1-7-8(6-11-2)10-9(13-7)4-3-5-12-10;;/h3-5,7-8,11H,6H2,1-2H3;2*1H/t7-,8-;;/m1../s1. The second kappa shape index (κ2) is 6.16. The van der Waals surface area contributed by atoms with Crippen LogP contribution in [0.1, 0.15) is 18.5 Å². The molecule has 1 aliphatic rings. The molecule has 0 unspecified atom stereocenters. The summed E-state index contributed by atoms with van der Waals surface area (Å²) in [5.41, 5.74) is 1.09. The van der Waals surface area contributed by atoms with E-state index in [0.717, 1.165) is 18.0 Å². The van der Waals surface area contributed by atoms with Crippen molar-refractivity contribution in [3.05, 3.63) is 24.0 Å². The Morgan fingerprint density at radius 1 is 1.47 bits per heavy atom. The van der Waals surface area contributed by atoms with E-state index in [-0.39, 0.29) is 30.9 Å². The van der Waals surface area contributed by atoms with Crippen molar-refractivity contribution in [1.82, 2.24) is 10.3 Å². The van der Waals surface area contributed by atoms with Gasteiger partial charge < -0.3 is 10.1 Å². The Balaban J connectivity index is 0.000000980. The maximum absolute atomic E-state index is 5.67. The topological polar surface area (TPSA) is 34.2 Å². The average molecular weight is 251 g/mol. The minimum absolute atomic E-state index is 0. The number of aromatic nitrogens is 1. The molecule has 0 aliphatic carbocycles. The molecule has 2 heterocycles. The summed E-state index contributed by atoms with van der Waals surface area (Å²) in [6.07, 6.45) is 2.06. The van der Waals surface area contributed by atoms with Crippen molar-refractivity contribution in [2.75, 3.05) is 13.6 Å². The summed E-state index contributed by atoms with van der Waals surface area (Å²) in [6, 6.07) is 3.89. The van der Waals surface area contributed by atoms with Gasteiger partial charge in [-0.1, -0.05) is 0 Å². The van der Waals surface area contributed by atoms with Gasteiger partial charge in [0.05, 0.1) is 11.6 Å². The van der Waals surface area contributed by atoms with Gasteiger partial charge in [0, 0.05) is 12.7 Å². The highest BCUT2D eigenvalue weighted by atomic mass is 35.5. The van der Waals surface area contributed by atoms with Crippen molar-refractivity contribution >= 4 is 24.8 Å². The molecule has 0 spiro atoms. The van der Waals surface area contributed by atoms with Crippen LogP contribution in [-0.4, -0.2) is 24.7 Å². The Kier molecular flexibility index (Phi) is 5.95. The van der Waals surface area contributed by atoms with E-state index in [1.165, 1.54) is 0 Å². The van der Waals surface area contributed by atoms with Crippen molar-refractivity contribution in [1.29, 1.82) is 0 Å². The zero-order valence-corrected chi connectivity index (χ0v) is 10.4. The summed E-state index contributed by atoms with van der Waals surface area (Å²) in [7, 11) is 1.95. The number of rotatable bonds is 2. The van der Waals surface area contributed by atoms with E-state index in [0.29, 0.717) is 5.92 Å². The zero-order valence-electron chi connectivity index (χ0n) is 8.77. The lowest BCUT2D eigenvalue weighted by atomic mass is 10.0. The molecule has 86 valence electrons. The summed E-state index contributed by atoms with van der Waals surface area (Å²) in [5.74, 6) is 1.33. The third-order valence-electron chi connectivity index (χ3n) is 2.45. The van der Waals surface area contributed by atoms with Gasteiger partial charge in [-0.3, -0.25) is 4.98 Å². The maximum Gasteiger partial charge on any atom is 0.141 e. The summed E-state index contributed by atoms with van der Waals surface area (Å²) in [6.45, 7) is 3.01. The number of nitrogens with zero attached hydrogens (tertiary/aromatic N) is 1. The third kappa shape index (κ3) is 2.74. The number of fused-ring (bicyclic) bond motifs is 1. The highest BCUT2D eigenvalue weighted by molar-refractivity contribution is 5.85. The van der Waals surface area contributed by atoms with E-state index in [1.54, 1.807) is 0 Å². The minimum Gasteiger partial charge on any atom is -0.488 e. The number of nitrogens with one attached hydrogen (secondary N) is 1. The number of hydrogen-bond acceptors (Lipinski definition) is 3. The fourth-order valence-electron chi connectivity index (χ4n) is 1.77. The molecule has 3 nitrogen and oxygen atoms in total. The predicted molar refractivity (Wildman–Crippen MR) is 65.5 cm³/mol. The SMILES string of the molecule is CNC[C@H]1c2ncccc2O[C@@H]1C.Cl.Cl. The first kappa shape index (κ1) is 14.5. The van der Waals surface area contributed by atoms with Gasteiger partial charge in [-0.05, 0) is 26.1 Å². The monoisotopic (exact) mass is 250 g/mol. The number of ether oxygens (including phenoxy) is 1. The van der Waals surface area contributed by atoms with E-state index in [4.69, 9.17) is 4.74 Å². The number of pyridine rings is 1. The van der Waals surface area contributed by atoms with Gasteiger partial charge in [0.2, 0.25) is 0 Å². The summed E-state index contributed by atoms with van der Waals surface area (Å²) >= 11 is 0. The normalized spacial score (nSPS) is 22.0. The first-order chi connectivity index (χ1) is 6.33. The molecule has 1 aliphatic heterocycles. The van der Waals surface area contributed by atoms with Gasteiger partial charge in [-0.2, -0.15) is 0 Å². The zero-order chi connectivity index (χ0) is 9.26. The Hall–Kier alpha value is -0.510. The van der Waals surface area contributed by atoms with Crippen molar-refractivity contribution in [2.45, 2.75) is 18.9 Å². The molecule has 0 saturated carbocycles. The molecule has 0 amide bonds. The largest absolute Gasteiger partial charge is 0.488 e. The molecule has 5 heteroatoms. The van der Waals surface area contributed by atoms with Crippen LogP contribution in [-0.2, 0) is 0 Å². The lowest BCUT2D eigenvalue weighted by molar-refractivity contribution is 0.225. The van der Waals surface area contributed by atoms with Crippen LogP contribution in [0.3, 0.4) is 0 Å². The van der Waals surface area contributed by atoms with E-state index in [2.05, 4.69) is 17.2 Å². The van der Waals surface area contributed by atoms with Crippen LogP contribution in [0.2, 0.25) is 0 Å². The molecule has 1 N–H and O–H groups in total. The lowest BCUT2D eigenvalue weighted by Crippen LogP contribution is -2.24. The first-order valence-corrected chi connectivity index (χ1v) is 4.59. The molecule has 0 aromatic carbocycles. The molecule has 0 fully saturated rings. The quantitative estimate of drug-likeness (QED) is 0.873. The fourth-order valence-corrected chi connectivity index (χ4v) is 1.77. The highest BCUT2D eigenvalue weighted by Crippen LogP contribution is 2.35. The van der Waals surface area contributed by atoms with Gasteiger partial charge in [0.15, 0.2) is 0 Å². The van der Waals surface area contributed by atoms with Gasteiger partial charge >= 0.3 is 0 Å². The molecule has 0 radical (unpaired) electrons. The number of halogens is 2. The second-order valence-corrected chi connectivity index (χ2v) is 3.37. The van der Waals surface area contributed by atoms with Crippen molar-refractivity contribution in [3.8, 4) is 5.75 Å². The van der Waals surface area contributed by atoms with Crippen LogP contribution in [0.4, 0.5) is 0 Å². The Morgan fingerprint density at radius 2 is 2.20 bits per heavy atom. The molecule has 1 aromatic rings. The smallest absolute Gasteiger partial charge is 0.141 e. The van der Waals surface area contributed by atoms with E-state index < -0.39 is 0 Å². The summed E-state index contributed by atoms with van der Waals surface area (Å²) < 4.78 is 5.67. The number of hydrogen-bond donors (Lipinski definition) is 1. The van der Waals surface area contributed by atoms with Crippen molar-refractivity contribution in [3.63, 3.8) is 0 Å². The Labute approximate surface area is 102 Å². The van der Waals surface area contributed by atoms with Crippen LogP contribution >= 0.6 is 24.8 Å². The molecule has 15 heavy (non-hydrogen) atoms. The molecule has 0 saturated heterocycles. The van der Waals surface area contributed by atoms with Crippen LogP contribution in [0.15, 0.2) is 18.3 Å². The molecular weight excluding hydrogens is 235 g/mol. The van der Waals surface area contributed by atoms with Crippen LogP contribution in [0.5, 0.6) is 5.75 Å². The molecule has 0 bridgehead atoms. The molecular formula is C10H16Cl2N2O. The third-order valence-corrected chi connectivity index (χ3v) is 2.45. The van der Waals surface area contributed by atoms with E-state index >= 15 is 0 Å². The minimum atomic E-state index is 0. The maximum atomic E-state index is 5.67. The Morgan fingerprint density at radius 3 is 2.87 bits per heavy atom. The predicted octanol–water partition coefficient (Wildman–Crippen LogP) is 2.01. The lowest BCUT2D eigenvalue weighted by Gasteiger charge is -2.12. The van der Waals surface area contributed by atoms with Crippen LogP contribution < -0.4 is 10.1 Å². The highest BCUT2D eigenvalue weighted by Gasteiger charge is 2.31. The van der Waals surface area contributed by atoms with E-state index in [9.17, 15) is 0 Å². The first-order valence-electron chi connectivity index (χ1n) is 4.59. The summed E-state index contributed by atoms with van der Waals surface area (Å²) in [5, 5.41) is 3.16. The van der Waals surface area contributed by atoms with Gasteiger partial charge in [0.1, 0.15) is 11.9 Å². The fraction of sp³-hybridized carbons (Fsp3) is 0.500.